The Morgan fingerprint density at radius 3 is 2.35 bits per heavy atom. The third-order valence-corrected chi connectivity index (χ3v) is 3.75. The fourth-order valence-electron chi connectivity index (χ4n) is 1.94. The molecule has 0 aliphatic rings. The van der Waals surface area contributed by atoms with Crippen molar-refractivity contribution >= 4 is 10.1 Å². The number of phenolic OH excluding ortho intramolecular Hbond substituents is 2. The van der Waals surface area contributed by atoms with E-state index in [-0.39, 0.29) is 18.7 Å². The fraction of sp³-hybridized carbons (Fsp3) is 0.500. The number of aromatic hydroxyl groups is 2. The molecule has 0 fully saturated rings. The van der Waals surface area contributed by atoms with Crippen molar-refractivity contribution in [3.63, 3.8) is 0 Å². The molecule has 0 aliphatic heterocycles. The maximum absolute atomic E-state index is 13.0. The molecule has 0 saturated carbocycles. The lowest BCUT2D eigenvalue weighted by Crippen LogP contribution is -2.40. The van der Waals surface area contributed by atoms with Gasteiger partial charge in [0, 0.05) is 6.42 Å². The van der Waals surface area contributed by atoms with Crippen LogP contribution < -0.4 is 0 Å². The second-order valence-corrected chi connectivity index (χ2v) is 6.93. The van der Waals surface area contributed by atoms with Crippen LogP contribution in [0.2, 0.25) is 0 Å². The van der Waals surface area contributed by atoms with Gasteiger partial charge in [-0.25, -0.2) is 4.39 Å². The van der Waals surface area contributed by atoms with Crippen molar-refractivity contribution in [2.75, 3.05) is 26.4 Å². The van der Waals surface area contributed by atoms with Crippen molar-refractivity contribution in [2.24, 2.45) is 0 Å². The number of benzene rings is 1. The van der Waals surface area contributed by atoms with E-state index in [1.807, 2.05) is 0 Å². The molecule has 8 heteroatoms. The number of rotatable bonds is 6. The second kappa shape index (κ2) is 5.94. The van der Waals surface area contributed by atoms with E-state index in [4.69, 9.17) is 4.55 Å². The molecule has 6 nitrogen and oxygen atoms in total. The van der Waals surface area contributed by atoms with E-state index in [9.17, 15) is 23.0 Å². The summed E-state index contributed by atoms with van der Waals surface area (Å²) < 4.78 is 43.3. The maximum atomic E-state index is 13.0. The molecule has 0 aliphatic carbocycles. The summed E-state index contributed by atoms with van der Waals surface area (Å²) in [6.45, 7) is 0.711. The topological polar surface area (TPSA) is 94.8 Å². The third kappa shape index (κ3) is 4.95. The summed E-state index contributed by atoms with van der Waals surface area (Å²) in [7, 11) is -0.398. The summed E-state index contributed by atoms with van der Waals surface area (Å²) in [5, 5.41) is 19.0. The van der Waals surface area contributed by atoms with E-state index in [1.54, 1.807) is 14.1 Å². The first-order valence-electron chi connectivity index (χ1n) is 5.98. The molecule has 20 heavy (non-hydrogen) atoms. The Hall–Kier alpha value is -1.38. The second-order valence-electron chi connectivity index (χ2n) is 5.36. The number of halogens is 1. The van der Waals surface area contributed by atoms with Gasteiger partial charge < -0.3 is 14.7 Å². The van der Waals surface area contributed by atoms with Gasteiger partial charge in [-0.3, -0.25) is 4.55 Å². The largest absolute Gasteiger partial charge is 0.504 e. The molecular formula is C12H19FNO5S+. The van der Waals surface area contributed by atoms with Crippen LogP contribution in [-0.4, -0.2) is 54.1 Å². The molecule has 0 radical (unpaired) electrons. The Morgan fingerprint density at radius 2 is 1.80 bits per heavy atom. The van der Waals surface area contributed by atoms with Crippen molar-refractivity contribution in [1.82, 2.24) is 0 Å². The molecule has 1 aromatic carbocycles. The Bertz CT molecular complexity index is 586. The first kappa shape index (κ1) is 16.7. The van der Waals surface area contributed by atoms with Crippen molar-refractivity contribution in [1.29, 1.82) is 0 Å². The molecule has 1 aromatic rings. The quantitative estimate of drug-likeness (QED) is 0.415. The van der Waals surface area contributed by atoms with E-state index in [1.165, 1.54) is 6.07 Å². The SMILES string of the molecule is C[N+](C)(CCCS(=O)(=O)O)Cc1ccc(F)c(O)c1O. The standard InChI is InChI=1S/C12H18FNO5S/c1-14(2,6-3-7-20(17,18)19)8-9-4-5-10(13)12(16)11(9)15/h4-5H,3,6-8H2,1-2H3,(H2-,15,16,17,18,19)/p+1. The van der Waals surface area contributed by atoms with Crippen molar-refractivity contribution in [2.45, 2.75) is 13.0 Å². The van der Waals surface area contributed by atoms with Crippen LogP contribution in [0.15, 0.2) is 12.1 Å². The summed E-state index contributed by atoms with van der Waals surface area (Å²) in [6.07, 6.45) is 0.250. The predicted molar refractivity (Wildman–Crippen MR) is 71.4 cm³/mol. The molecule has 0 atom stereocenters. The fourth-order valence-corrected chi connectivity index (χ4v) is 2.43. The zero-order valence-corrected chi connectivity index (χ0v) is 12.2. The molecular weight excluding hydrogens is 289 g/mol. The summed E-state index contributed by atoms with van der Waals surface area (Å²) in [5.41, 5.74) is 0.362. The van der Waals surface area contributed by atoms with Crippen LogP contribution in [0, 0.1) is 5.82 Å². The van der Waals surface area contributed by atoms with E-state index in [2.05, 4.69) is 0 Å². The average molecular weight is 308 g/mol. The van der Waals surface area contributed by atoms with Crippen LogP contribution in [0.4, 0.5) is 4.39 Å². The Balaban J connectivity index is 2.74. The Kier molecular flexibility index (Phi) is 4.95. The predicted octanol–water partition coefficient (Wildman–Crippen LogP) is 1.09. The highest BCUT2D eigenvalue weighted by Crippen LogP contribution is 2.32. The first-order chi connectivity index (χ1) is 9.02. The van der Waals surface area contributed by atoms with Gasteiger partial charge in [0.1, 0.15) is 6.54 Å². The van der Waals surface area contributed by atoms with Gasteiger partial charge in [-0.1, -0.05) is 0 Å². The summed E-state index contributed by atoms with van der Waals surface area (Å²) in [5.74, 6) is -2.54. The van der Waals surface area contributed by atoms with Gasteiger partial charge >= 0.3 is 0 Å². The minimum Gasteiger partial charge on any atom is -0.504 e. The summed E-state index contributed by atoms with van der Waals surface area (Å²) >= 11 is 0. The highest BCUT2D eigenvalue weighted by molar-refractivity contribution is 7.85. The number of hydrogen-bond donors (Lipinski definition) is 3. The minimum absolute atomic E-state index is 0.250. The van der Waals surface area contributed by atoms with Gasteiger partial charge in [-0.05, 0) is 12.1 Å². The van der Waals surface area contributed by atoms with Crippen LogP contribution in [0.3, 0.4) is 0 Å². The number of nitrogens with zero attached hydrogens (tertiary/aromatic N) is 1. The van der Waals surface area contributed by atoms with Crippen LogP contribution in [0.25, 0.3) is 0 Å². The van der Waals surface area contributed by atoms with Crippen LogP contribution >= 0.6 is 0 Å². The molecule has 0 spiro atoms. The molecule has 1 rings (SSSR count). The molecule has 0 bridgehead atoms. The highest BCUT2D eigenvalue weighted by Gasteiger charge is 2.21. The van der Waals surface area contributed by atoms with E-state index >= 15 is 0 Å². The van der Waals surface area contributed by atoms with Gasteiger partial charge in [0.25, 0.3) is 10.1 Å². The van der Waals surface area contributed by atoms with Crippen LogP contribution in [0.5, 0.6) is 11.5 Å². The maximum Gasteiger partial charge on any atom is 0.265 e. The first-order valence-corrected chi connectivity index (χ1v) is 7.59. The monoisotopic (exact) mass is 308 g/mol. The molecule has 0 amide bonds. The van der Waals surface area contributed by atoms with Gasteiger partial charge in [-0.15, -0.1) is 0 Å². The van der Waals surface area contributed by atoms with Gasteiger partial charge in [-0.2, -0.15) is 8.42 Å². The van der Waals surface area contributed by atoms with E-state index in [0.717, 1.165) is 6.07 Å². The van der Waals surface area contributed by atoms with E-state index < -0.39 is 27.4 Å². The zero-order chi connectivity index (χ0) is 15.6. The van der Waals surface area contributed by atoms with E-state index in [0.29, 0.717) is 16.6 Å². The zero-order valence-electron chi connectivity index (χ0n) is 11.4. The van der Waals surface area contributed by atoms with Crippen molar-refractivity contribution in [3.8, 4) is 11.5 Å². The van der Waals surface area contributed by atoms with Crippen LogP contribution in [-0.2, 0) is 16.7 Å². The average Bonchev–Trinajstić information content (AvgIpc) is 2.28. The molecule has 0 saturated heterocycles. The molecule has 114 valence electrons. The Labute approximate surface area is 117 Å². The summed E-state index contributed by atoms with van der Waals surface area (Å²) in [4.78, 5) is 0. The molecule has 0 unspecified atom stereocenters. The van der Waals surface area contributed by atoms with Crippen LogP contribution in [0.1, 0.15) is 12.0 Å². The lowest BCUT2D eigenvalue weighted by molar-refractivity contribution is -0.903. The molecule has 3 N–H and O–H groups in total. The minimum atomic E-state index is -3.99. The smallest absolute Gasteiger partial charge is 0.265 e. The molecule has 0 heterocycles. The number of phenols is 2. The number of quaternary nitrogens is 1. The highest BCUT2D eigenvalue weighted by atomic mass is 32.2. The lowest BCUT2D eigenvalue weighted by atomic mass is 10.1. The Morgan fingerprint density at radius 1 is 1.20 bits per heavy atom. The lowest BCUT2D eigenvalue weighted by Gasteiger charge is -2.30. The van der Waals surface area contributed by atoms with Crippen molar-refractivity contribution in [3.05, 3.63) is 23.5 Å². The molecule has 0 aromatic heterocycles. The van der Waals surface area contributed by atoms with Crippen molar-refractivity contribution < 1.29 is 32.1 Å². The third-order valence-electron chi connectivity index (χ3n) is 2.95. The van der Waals surface area contributed by atoms with Gasteiger partial charge in [0.15, 0.2) is 17.3 Å². The van der Waals surface area contributed by atoms with Gasteiger partial charge in [0.2, 0.25) is 0 Å². The number of hydrogen-bond acceptors (Lipinski definition) is 4. The summed E-state index contributed by atoms with van der Waals surface area (Å²) in [6, 6.07) is 2.43. The van der Waals surface area contributed by atoms with Gasteiger partial charge in [0.05, 0.1) is 32.0 Å². The normalized spacial score (nSPS) is 12.6.